The molecule has 0 aromatic heterocycles. The largest absolute Gasteiger partial charge is 0.395 e. The molecule has 5 N–H and O–H groups in total. The Morgan fingerprint density at radius 2 is 1.50 bits per heavy atom. The molecule has 0 aliphatic carbocycles. The van der Waals surface area contributed by atoms with Gasteiger partial charge in [-0.25, -0.2) is 0 Å². The Morgan fingerprint density at radius 3 is 1.50 bits per heavy atom. The lowest BCUT2D eigenvalue weighted by Crippen LogP contribution is -2.30. The van der Waals surface area contributed by atoms with E-state index in [-0.39, 0.29) is 24.0 Å². The van der Waals surface area contributed by atoms with Crippen molar-refractivity contribution >= 4 is 37.9 Å². The van der Waals surface area contributed by atoms with E-state index in [0.717, 1.165) is 6.42 Å². The topological polar surface area (TPSA) is 86.7 Å². The summed E-state index contributed by atoms with van der Waals surface area (Å²) in [5, 5.41) is 24.6. The van der Waals surface area contributed by atoms with Crippen LogP contribution in [0, 0.1) is 0 Å². The van der Waals surface area contributed by atoms with Gasteiger partial charge in [0, 0.05) is 22.3 Å². The minimum absolute atomic E-state index is 0.0417. The number of hydrogen-bond acceptors (Lipinski definition) is 7. The number of thiol groups is 3. The van der Waals surface area contributed by atoms with Gasteiger partial charge in [0.05, 0.1) is 19.3 Å². The average molecular weight is 320 g/mol. The van der Waals surface area contributed by atoms with Crippen LogP contribution in [0.3, 0.4) is 0 Å². The van der Waals surface area contributed by atoms with Crippen LogP contribution >= 0.6 is 37.9 Å². The molecule has 0 saturated heterocycles. The van der Waals surface area contributed by atoms with Crippen molar-refractivity contribution in [1.29, 1.82) is 0 Å². The Morgan fingerprint density at radius 1 is 1.11 bits per heavy atom. The lowest BCUT2D eigenvalue weighted by Gasteiger charge is -2.13. The monoisotopic (exact) mass is 319 g/mol. The van der Waals surface area contributed by atoms with Crippen LogP contribution in [-0.4, -0.2) is 56.9 Å². The summed E-state index contributed by atoms with van der Waals surface area (Å²) in [6.07, 6.45) is 0.404. The van der Waals surface area contributed by atoms with Crippen LogP contribution in [0.25, 0.3) is 0 Å². The molecule has 0 bridgehead atoms. The van der Waals surface area contributed by atoms with E-state index in [1.807, 2.05) is 13.8 Å². The van der Waals surface area contributed by atoms with Crippen molar-refractivity contribution in [3.8, 4) is 0 Å². The van der Waals surface area contributed by atoms with Gasteiger partial charge in [-0.3, -0.25) is 0 Å². The van der Waals surface area contributed by atoms with Gasteiger partial charge in [-0.1, -0.05) is 6.92 Å². The number of hydrogen-bond donors (Lipinski definition) is 7. The first-order valence-electron chi connectivity index (χ1n) is 5.76. The fourth-order valence-electron chi connectivity index (χ4n) is 0.115. The maximum Gasteiger partial charge on any atom is 0.0858 e. The van der Waals surface area contributed by atoms with Crippen molar-refractivity contribution in [3.63, 3.8) is 0 Å². The fourth-order valence-corrected chi connectivity index (χ4v) is 0.346. The molecule has 0 saturated carbocycles. The highest BCUT2D eigenvalue weighted by atomic mass is 32.1. The van der Waals surface area contributed by atoms with Crippen molar-refractivity contribution in [1.82, 2.24) is 0 Å². The van der Waals surface area contributed by atoms with Gasteiger partial charge in [-0.15, -0.1) is 0 Å². The highest BCUT2D eigenvalue weighted by molar-refractivity contribution is 7.84. The second kappa shape index (κ2) is 15.9. The van der Waals surface area contributed by atoms with Crippen LogP contribution in [0.4, 0.5) is 0 Å². The van der Waals surface area contributed by atoms with E-state index in [9.17, 15) is 0 Å². The lowest BCUT2D eigenvalue weighted by atomic mass is 10.1. The molecule has 0 amide bonds. The SMILES string of the molecule is CCC(C)(C)N.OCC(O)CS.OCC(S)CS. The van der Waals surface area contributed by atoms with Crippen molar-refractivity contribution in [2.75, 3.05) is 24.7 Å². The van der Waals surface area contributed by atoms with Crippen molar-refractivity contribution in [2.45, 2.75) is 44.1 Å². The highest BCUT2D eigenvalue weighted by Gasteiger charge is 2.03. The van der Waals surface area contributed by atoms with Gasteiger partial charge in [0.1, 0.15) is 0 Å². The quantitative estimate of drug-likeness (QED) is 0.379. The molecule has 0 aromatic carbocycles. The molecule has 2 unspecified atom stereocenters. The smallest absolute Gasteiger partial charge is 0.0858 e. The predicted octanol–water partition coefficient (Wildman–Crippen LogP) is 0.610. The summed E-state index contributed by atoms with van der Waals surface area (Å²) in [4.78, 5) is 0. The van der Waals surface area contributed by atoms with Crippen LogP contribution in [-0.2, 0) is 0 Å². The first kappa shape index (κ1) is 23.9. The molecule has 7 heteroatoms. The zero-order valence-electron chi connectivity index (χ0n) is 11.5. The molecule has 0 aliphatic heterocycles. The van der Waals surface area contributed by atoms with E-state index in [2.05, 4.69) is 44.8 Å². The van der Waals surface area contributed by atoms with E-state index in [4.69, 9.17) is 21.1 Å². The third kappa shape index (κ3) is 30.2. The normalized spacial score (nSPS) is 13.7. The minimum atomic E-state index is -0.645. The summed E-state index contributed by atoms with van der Waals surface area (Å²) in [7, 11) is 0. The zero-order chi connectivity index (χ0) is 15.2. The fraction of sp³-hybridized carbons (Fsp3) is 1.00. The second-order valence-electron chi connectivity index (χ2n) is 4.38. The van der Waals surface area contributed by atoms with E-state index in [1.165, 1.54) is 0 Å². The molecule has 18 heavy (non-hydrogen) atoms. The van der Waals surface area contributed by atoms with Gasteiger partial charge >= 0.3 is 0 Å². The molecule has 0 heterocycles. The van der Waals surface area contributed by atoms with Gasteiger partial charge < -0.3 is 21.1 Å². The maximum absolute atomic E-state index is 8.34. The molecule has 0 radical (unpaired) electrons. The molecule has 0 aliphatic rings. The summed E-state index contributed by atoms with van der Waals surface area (Å²) in [6, 6.07) is 0. The van der Waals surface area contributed by atoms with E-state index >= 15 is 0 Å². The Labute approximate surface area is 128 Å². The van der Waals surface area contributed by atoms with Crippen molar-refractivity contribution < 1.29 is 15.3 Å². The Hall–Kier alpha value is 0.890. The number of aliphatic hydroxyl groups is 3. The van der Waals surface area contributed by atoms with Gasteiger partial charge in [0.15, 0.2) is 0 Å². The van der Waals surface area contributed by atoms with Crippen LogP contribution < -0.4 is 5.73 Å². The minimum Gasteiger partial charge on any atom is -0.395 e. The van der Waals surface area contributed by atoms with Crippen LogP contribution in [0.1, 0.15) is 27.2 Å². The van der Waals surface area contributed by atoms with Gasteiger partial charge in [-0.05, 0) is 20.3 Å². The zero-order valence-corrected chi connectivity index (χ0v) is 14.1. The van der Waals surface area contributed by atoms with Crippen LogP contribution in [0.2, 0.25) is 0 Å². The standard InChI is InChI=1S/C5H13N.C3H8O2S.C3H8OS2/c1-4-5(2,3)6;4-1-3(5)2-6;4-1-3(6)2-5/h4,6H2,1-3H3;2*3-6H,1-2H2. The first-order valence-corrected chi connectivity index (χ1v) is 7.54. The van der Waals surface area contributed by atoms with E-state index in [0.29, 0.717) is 11.5 Å². The third-order valence-electron chi connectivity index (χ3n) is 1.75. The molecule has 114 valence electrons. The molecule has 0 aromatic rings. The first-order chi connectivity index (χ1) is 8.18. The molecular weight excluding hydrogens is 290 g/mol. The summed E-state index contributed by atoms with van der Waals surface area (Å²) in [5.41, 5.74) is 5.58. The van der Waals surface area contributed by atoms with E-state index in [1.54, 1.807) is 0 Å². The van der Waals surface area contributed by atoms with Gasteiger partial charge in [0.25, 0.3) is 0 Å². The summed E-state index contributed by atoms with van der Waals surface area (Å²) >= 11 is 11.4. The van der Waals surface area contributed by atoms with E-state index < -0.39 is 6.10 Å². The highest BCUT2D eigenvalue weighted by Crippen LogP contribution is 1.99. The van der Waals surface area contributed by atoms with Crippen LogP contribution in [0.5, 0.6) is 0 Å². The van der Waals surface area contributed by atoms with Gasteiger partial charge in [-0.2, -0.15) is 37.9 Å². The Kier molecular flexibility index (Phi) is 21.2. The lowest BCUT2D eigenvalue weighted by molar-refractivity contribution is 0.114. The van der Waals surface area contributed by atoms with Crippen molar-refractivity contribution in [3.05, 3.63) is 0 Å². The molecule has 0 spiro atoms. The van der Waals surface area contributed by atoms with Crippen LogP contribution in [0.15, 0.2) is 0 Å². The summed E-state index contributed by atoms with van der Waals surface area (Å²) in [6.45, 7) is 6.05. The summed E-state index contributed by atoms with van der Waals surface area (Å²) < 4.78 is 0. The number of aliphatic hydroxyl groups excluding tert-OH is 3. The number of rotatable bonds is 5. The third-order valence-corrected chi connectivity index (χ3v) is 3.25. The number of nitrogens with two attached hydrogens (primary N) is 1. The average Bonchev–Trinajstić information content (AvgIpc) is 2.37. The Balaban J connectivity index is -0.000000187. The molecule has 4 nitrogen and oxygen atoms in total. The molecule has 2 atom stereocenters. The summed E-state index contributed by atoms with van der Waals surface area (Å²) in [5.74, 6) is 0.968. The second-order valence-corrected chi connectivity index (χ2v) is 5.84. The van der Waals surface area contributed by atoms with Gasteiger partial charge in [0.2, 0.25) is 0 Å². The maximum atomic E-state index is 8.34. The predicted molar refractivity (Wildman–Crippen MR) is 89.2 cm³/mol. The van der Waals surface area contributed by atoms with Crippen molar-refractivity contribution in [2.24, 2.45) is 5.73 Å². The molecule has 0 rings (SSSR count). The molecular formula is C11H29NO3S3. The molecule has 0 fully saturated rings. The Bertz CT molecular complexity index is 139.